The van der Waals surface area contributed by atoms with Crippen LogP contribution in [0.3, 0.4) is 0 Å². The van der Waals surface area contributed by atoms with Gasteiger partial charge in [-0.3, -0.25) is 0 Å². The van der Waals surface area contributed by atoms with Crippen LogP contribution in [0.1, 0.15) is 0 Å². The summed E-state index contributed by atoms with van der Waals surface area (Å²) in [4.78, 5) is 2.57. The Bertz CT molecular complexity index is 2290. The number of rotatable bonds is 7. The zero-order valence-electron chi connectivity index (χ0n) is 28.9. The van der Waals surface area contributed by atoms with Gasteiger partial charge in [0.2, 0.25) is 0 Å². The molecule has 0 bridgehead atoms. The summed E-state index contributed by atoms with van der Waals surface area (Å²) in [5.74, 6) is -71.4. The van der Waals surface area contributed by atoms with E-state index in [1.165, 1.54) is 9.79 Å². The summed E-state index contributed by atoms with van der Waals surface area (Å²) in [5.41, 5.74) is -12.7. The van der Waals surface area contributed by atoms with Crippen molar-refractivity contribution in [2.24, 2.45) is 0 Å². The van der Waals surface area contributed by atoms with Gasteiger partial charge in [0.25, 0.3) is 0 Å². The fourth-order valence-corrected chi connectivity index (χ4v) is 8.25. The zero-order chi connectivity index (χ0) is 45.6. The van der Waals surface area contributed by atoms with E-state index in [-0.39, 0.29) is 10.9 Å². The molecular formula is C38H12BClF20S. The second kappa shape index (κ2) is 17.8. The van der Waals surface area contributed by atoms with Crippen LogP contribution in [0.15, 0.2) is 81.4 Å². The van der Waals surface area contributed by atoms with Gasteiger partial charge in [-0.25, -0.2) is 87.8 Å². The quantitative estimate of drug-likeness (QED) is 0.0492. The molecule has 0 atom stereocenters. The minimum Gasteiger partial charge on any atom is -0.207 e. The van der Waals surface area contributed by atoms with Gasteiger partial charge in [-0.05, 0) is 24.3 Å². The number of hydrogen-bond donors (Lipinski definition) is 0. The molecule has 0 aliphatic rings. The maximum atomic E-state index is 15.4. The average Bonchev–Trinajstić information content (AvgIpc) is 3.26. The van der Waals surface area contributed by atoms with E-state index in [1.54, 1.807) is 5.54 Å². The lowest BCUT2D eigenvalue weighted by Crippen LogP contribution is -2.81. The minimum atomic E-state index is -7.22. The molecular weight excluding hydrogens is 915 g/mol. The van der Waals surface area contributed by atoms with E-state index in [1.807, 2.05) is 17.5 Å². The van der Waals surface area contributed by atoms with Gasteiger partial charge in [0, 0.05) is 0 Å². The highest BCUT2D eigenvalue weighted by Gasteiger charge is 2.52. The van der Waals surface area contributed by atoms with Crippen LogP contribution in [0, 0.1) is 116 Å². The van der Waals surface area contributed by atoms with E-state index < -0.39 is 144 Å². The third kappa shape index (κ3) is 7.46. The second-order valence-corrected chi connectivity index (χ2v) is 14.2. The zero-order valence-corrected chi connectivity index (χ0v) is 30.4. The van der Waals surface area contributed by atoms with Gasteiger partial charge in [-0.15, -0.1) is 21.9 Å². The summed E-state index contributed by atoms with van der Waals surface area (Å²) in [5, 5.41) is 2.03. The van der Waals surface area contributed by atoms with Crippen LogP contribution < -0.4 is 21.9 Å². The van der Waals surface area contributed by atoms with Crippen LogP contribution in [0.4, 0.5) is 87.8 Å². The topological polar surface area (TPSA) is 0 Å². The van der Waals surface area contributed by atoms with Crippen molar-refractivity contribution in [2.75, 3.05) is 0 Å². The first-order valence-electron chi connectivity index (χ1n) is 16.0. The summed E-state index contributed by atoms with van der Waals surface area (Å²) in [7, 11) is -0.0638. The van der Waals surface area contributed by atoms with Crippen molar-refractivity contribution in [3.8, 4) is 0 Å². The van der Waals surface area contributed by atoms with Crippen molar-refractivity contribution < 1.29 is 87.8 Å². The van der Waals surface area contributed by atoms with E-state index in [0.717, 1.165) is 0 Å². The summed E-state index contributed by atoms with van der Waals surface area (Å²) in [6, 6.07) is 20.8. The maximum Gasteiger partial charge on any atom is 0.200 e. The van der Waals surface area contributed by atoms with Crippen LogP contribution in [0.5, 0.6) is 0 Å². The van der Waals surface area contributed by atoms with Gasteiger partial charge in [0.05, 0.1) is 16.4 Å². The van der Waals surface area contributed by atoms with Crippen molar-refractivity contribution in [1.29, 1.82) is 0 Å². The first-order valence-corrected chi connectivity index (χ1v) is 17.7. The lowest BCUT2D eigenvalue weighted by atomic mass is 9.12. The fraction of sp³-hybridized carbons (Fsp3) is 0. The first-order chi connectivity index (χ1) is 28.6. The highest BCUT2D eigenvalue weighted by atomic mass is 35.5. The van der Waals surface area contributed by atoms with Gasteiger partial charge in [-0.2, -0.15) is 0 Å². The number of halogens is 21. The van der Waals surface area contributed by atoms with Crippen LogP contribution in [0.25, 0.3) is 0 Å². The molecule has 0 aliphatic heterocycles. The molecule has 6 rings (SSSR count). The molecule has 0 unspecified atom stereocenters. The summed E-state index contributed by atoms with van der Waals surface area (Å²) < 4.78 is 294. The maximum absolute atomic E-state index is 15.4. The second-order valence-electron chi connectivity index (χ2n) is 12.0. The molecule has 6 aromatic carbocycles. The lowest BCUT2D eigenvalue weighted by molar-refractivity contribution is 0.378. The molecule has 0 N–H and O–H groups in total. The normalized spacial score (nSPS) is 11.8. The van der Waals surface area contributed by atoms with Crippen molar-refractivity contribution in [2.45, 2.75) is 9.79 Å². The van der Waals surface area contributed by atoms with E-state index in [9.17, 15) is 52.7 Å². The number of hydrogen-bond acceptors (Lipinski definition) is 0. The van der Waals surface area contributed by atoms with Crippen molar-refractivity contribution in [1.82, 2.24) is 0 Å². The van der Waals surface area contributed by atoms with Crippen molar-refractivity contribution in [3.05, 3.63) is 188 Å². The molecule has 320 valence electrons. The monoisotopic (exact) mass is 926 g/mol. The first kappa shape index (κ1) is 46.4. The molecule has 0 aliphatic carbocycles. The Kier molecular flexibility index (Phi) is 13.5. The van der Waals surface area contributed by atoms with Gasteiger partial charge >= 0.3 is 0 Å². The van der Waals surface area contributed by atoms with E-state index in [2.05, 4.69) is 48.5 Å². The summed E-state index contributed by atoms with van der Waals surface area (Å²) >= 11 is 5.72. The van der Waals surface area contributed by atoms with E-state index >= 15 is 35.1 Å². The Hall–Kier alpha value is -5.64. The molecule has 0 spiro atoms. The molecule has 0 radical (unpaired) electrons. The van der Waals surface area contributed by atoms with Crippen LogP contribution in [-0.4, -0.2) is 6.15 Å². The molecule has 0 saturated heterocycles. The highest BCUT2D eigenvalue weighted by molar-refractivity contribution is 7.99. The third-order valence-electron chi connectivity index (χ3n) is 8.89. The van der Waals surface area contributed by atoms with Crippen molar-refractivity contribution in [3.63, 3.8) is 0 Å². The Morgan fingerprint density at radius 2 is 0.475 bits per heavy atom. The molecule has 23 heteroatoms. The molecule has 0 amide bonds. The van der Waals surface area contributed by atoms with Gasteiger partial charge < -0.3 is 0 Å². The Balaban J connectivity index is 0.000000366. The molecule has 0 saturated carbocycles. The Morgan fingerprint density at radius 1 is 0.295 bits per heavy atom. The lowest BCUT2D eigenvalue weighted by Gasteiger charge is -2.44. The van der Waals surface area contributed by atoms with Gasteiger partial charge in [0.1, 0.15) is 58.1 Å². The molecule has 0 fully saturated rings. The Labute approximate surface area is 335 Å². The average molecular weight is 927 g/mol. The molecule has 61 heavy (non-hydrogen) atoms. The summed E-state index contributed by atoms with van der Waals surface area (Å²) in [6.07, 6.45) is -7.22. The largest absolute Gasteiger partial charge is 0.207 e. The molecule has 0 nitrogen and oxygen atoms in total. The van der Waals surface area contributed by atoms with Crippen LogP contribution in [0.2, 0.25) is 0 Å². The van der Waals surface area contributed by atoms with Gasteiger partial charge in [-0.1, -0.05) is 48.0 Å². The van der Waals surface area contributed by atoms with Crippen LogP contribution in [-0.2, 0) is 10.9 Å². The standard InChI is InChI=1S/C24BF20.C14H12ClS/c26-5-1(6(27)14(35)21(42)13(5)34)25(2-7(28)15(36)22(43)16(37)8(2)29,3-9(30)17(38)23(44)18(39)10(3)31)4-11(32)19(40)24(45)20(41)12(4)33;15-11-12-16(13-7-3-1-4-8-13)14-9-5-2-6-10-14/h;1-12H/q-1;+1/b;12-11-. The Morgan fingerprint density at radius 3 is 0.656 bits per heavy atom. The van der Waals surface area contributed by atoms with Gasteiger partial charge in [0.15, 0.2) is 79.6 Å². The fourth-order valence-electron chi connectivity index (χ4n) is 6.35. The predicted molar refractivity (Wildman–Crippen MR) is 181 cm³/mol. The van der Waals surface area contributed by atoms with E-state index in [0.29, 0.717) is 0 Å². The minimum absolute atomic E-state index is 0.0638. The van der Waals surface area contributed by atoms with E-state index in [4.69, 9.17) is 11.6 Å². The molecule has 0 heterocycles. The SMILES string of the molecule is Cl/C=C\[S+](c1ccccc1)c1ccccc1.Fc1c(F)c(F)c([B-](c2c(F)c(F)c(F)c(F)c2F)(c2c(F)c(F)c(F)c(F)c2F)c2c(F)c(F)c(F)c(F)c2F)c(F)c1F. The van der Waals surface area contributed by atoms with Crippen LogP contribution >= 0.6 is 11.6 Å². The smallest absolute Gasteiger partial charge is 0.200 e. The molecule has 0 aromatic heterocycles. The molecule has 6 aromatic rings. The third-order valence-corrected chi connectivity index (χ3v) is 11.1. The van der Waals surface area contributed by atoms with Crippen molar-refractivity contribution >= 4 is 50.5 Å². The predicted octanol–water partition coefficient (Wildman–Crippen LogP) is 10.3. The summed E-state index contributed by atoms with van der Waals surface area (Å²) in [6.45, 7) is 0. The number of benzene rings is 6. The highest BCUT2D eigenvalue weighted by Crippen LogP contribution is 2.31.